The summed E-state index contributed by atoms with van der Waals surface area (Å²) in [6.45, 7) is 5.15. The van der Waals surface area contributed by atoms with Gasteiger partial charge in [0.15, 0.2) is 0 Å². The summed E-state index contributed by atoms with van der Waals surface area (Å²) in [7, 11) is 0. The van der Waals surface area contributed by atoms with E-state index < -0.39 is 0 Å². The fourth-order valence-corrected chi connectivity index (χ4v) is 2.88. The summed E-state index contributed by atoms with van der Waals surface area (Å²) in [5.41, 5.74) is 8.14. The van der Waals surface area contributed by atoms with Gasteiger partial charge in [-0.3, -0.25) is 0 Å². The van der Waals surface area contributed by atoms with Crippen LogP contribution in [0.1, 0.15) is 45.1 Å². The molecule has 1 aromatic carbocycles. The Kier molecular flexibility index (Phi) is 4.51. The number of nitrogen functional groups attached to an aromatic ring is 1. The lowest BCUT2D eigenvalue weighted by Gasteiger charge is -2.40. The summed E-state index contributed by atoms with van der Waals surface area (Å²) in [4.78, 5) is 0. The summed E-state index contributed by atoms with van der Waals surface area (Å²) in [5.74, 6) is 0. The molecular weight excluding hydrogens is 250 g/mol. The van der Waals surface area contributed by atoms with Crippen LogP contribution in [-0.2, 0) is 4.74 Å². The molecule has 108 valence electrons. The number of ether oxygens (including phenoxy) is 1. The van der Waals surface area contributed by atoms with Crippen LogP contribution >= 0.6 is 0 Å². The zero-order valence-electron chi connectivity index (χ0n) is 12.3. The van der Waals surface area contributed by atoms with Gasteiger partial charge in [-0.1, -0.05) is 13.8 Å². The maximum absolute atomic E-state index is 8.86. The Hall–Kier alpha value is -1.73. The predicted octanol–water partition coefficient (Wildman–Crippen LogP) is 3.29. The first kappa shape index (κ1) is 14.7. The average Bonchev–Trinajstić information content (AvgIpc) is 2.49. The van der Waals surface area contributed by atoms with Gasteiger partial charge in [0.1, 0.15) is 0 Å². The highest BCUT2D eigenvalue weighted by molar-refractivity contribution is 5.68. The minimum Gasteiger partial charge on any atom is -0.397 e. The fourth-order valence-electron chi connectivity index (χ4n) is 2.88. The monoisotopic (exact) mass is 273 g/mol. The highest BCUT2D eigenvalue weighted by Gasteiger charge is 2.34. The molecule has 3 N–H and O–H groups in total. The third-order valence-electron chi connectivity index (χ3n) is 4.32. The van der Waals surface area contributed by atoms with Gasteiger partial charge < -0.3 is 15.8 Å². The zero-order chi connectivity index (χ0) is 14.6. The smallest absolute Gasteiger partial charge is 0.0992 e. The van der Waals surface area contributed by atoms with Gasteiger partial charge >= 0.3 is 0 Å². The molecule has 1 saturated heterocycles. The third kappa shape index (κ3) is 3.05. The summed E-state index contributed by atoms with van der Waals surface area (Å²) in [6, 6.07) is 7.88. The van der Waals surface area contributed by atoms with Gasteiger partial charge in [-0.25, -0.2) is 0 Å². The van der Waals surface area contributed by atoms with Crippen LogP contribution < -0.4 is 11.1 Å². The molecule has 0 amide bonds. The van der Waals surface area contributed by atoms with Crippen LogP contribution in [0, 0.1) is 11.3 Å². The summed E-state index contributed by atoms with van der Waals surface area (Å²) in [5, 5.41) is 12.4. The minimum absolute atomic E-state index is 0.00270. The summed E-state index contributed by atoms with van der Waals surface area (Å²) >= 11 is 0. The van der Waals surface area contributed by atoms with Crippen LogP contribution in [0.4, 0.5) is 11.4 Å². The Labute approximate surface area is 120 Å². The molecule has 2 rings (SSSR count). The first-order chi connectivity index (χ1) is 9.62. The molecule has 1 atom stereocenters. The molecule has 0 aliphatic carbocycles. The van der Waals surface area contributed by atoms with Crippen molar-refractivity contribution in [1.29, 1.82) is 5.26 Å². The van der Waals surface area contributed by atoms with Gasteiger partial charge in [0.2, 0.25) is 0 Å². The number of nitrogens with two attached hydrogens (primary N) is 1. The molecule has 1 aliphatic heterocycles. The van der Waals surface area contributed by atoms with E-state index in [1.165, 1.54) is 0 Å². The van der Waals surface area contributed by atoms with Crippen LogP contribution in [0.25, 0.3) is 0 Å². The molecule has 4 heteroatoms. The van der Waals surface area contributed by atoms with Gasteiger partial charge in [-0.2, -0.15) is 5.26 Å². The minimum atomic E-state index is -0.00270. The molecule has 1 heterocycles. The molecule has 1 fully saturated rings. The maximum atomic E-state index is 8.86. The van der Waals surface area contributed by atoms with E-state index >= 15 is 0 Å². The van der Waals surface area contributed by atoms with Crippen molar-refractivity contribution in [2.24, 2.45) is 0 Å². The number of rotatable bonds is 4. The summed E-state index contributed by atoms with van der Waals surface area (Å²) in [6.07, 6.45) is 4.05. The van der Waals surface area contributed by atoms with Crippen molar-refractivity contribution in [3.63, 3.8) is 0 Å². The molecule has 20 heavy (non-hydrogen) atoms. The van der Waals surface area contributed by atoms with Crippen LogP contribution in [-0.4, -0.2) is 18.2 Å². The van der Waals surface area contributed by atoms with Crippen molar-refractivity contribution in [3.05, 3.63) is 23.8 Å². The average molecular weight is 273 g/mol. The lowest BCUT2D eigenvalue weighted by atomic mass is 9.86. The second kappa shape index (κ2) is 6.15. The van der Waals surface area contributed by atoms with E-state index in [-0.39, 0.29) is 5.60 Å². The van der Waals surface area contributed by atoms with E-state index in [4.69, 9.17) is 15.7 Å². The molecule has 1 aromatic rings. The van der Waals surface area contributed by atoms with E-state index in [0.29, 0.717) is 17.3 Å². The number of hydrogen-bond acceptors (Lipinski definition) is 4. The molecule has 0 saturated carbocycles. The normalized spacial score (nSPS) is 21.1. The first-order valence-electron chi connectivity index (χ1n) is 7.32. The lowest BCUT2D eigenvalue weighted by Crippen LogP contribution is -2.43. The van der Waals surface area contributed by atoms with Crippen molar-refractivity contribution in [2.75, 3.05) is 17.7 Å². The van der Waals surface area contributed by atoms with Crippen molar-refractivity contribution in [3.8, 4) is 6.07 Å². The van der Waals surface area contributed by atoms with Crippen molar-refractivity contribution in [2.45, 2.75) is 51.2 Å². The Balaban J connectivity index is 2.08. The second-order valence-electron chi connectivity index (χ2n) is 5.49. The van der Waals surface area contributed by atoms with Crippen molar-refractivity contribution >= 4 is 11.4 Å². The second-order valence-corrected chi connectivity index (χ2v) is 5.49. The predicted molar refractivity (Wildman–Crippen MR) is 81.5 cm³/mol. The van der Waals surface area contributed by atoms with Crippen molar-refractivity contribution < 1.29 is 4.74 Å². The number of nitrogens with zero attached hydrogens (tertiary/aromatic N) is 1. The number of hydrogen-bond donors (Lipinski definition) is 2. The molecular formula is C16H23N3O. The van der Waals surface area contributed by atoms with Gasteiger partial charge in [-0.05, 0) is 43.9 Å². The Morgan fingerprint density at radius 1 is 1.45 bits per heavy atom. The summed E-state index contributed by atoms with van der Waals surface area (Å²) < 4.78 is 5.98. The molecule has 1 aliphatic rings. The quantitative estimate of drug-likeness (QED) is 0.826. The van der Waals surface area contributed by atoms with Gasteiger partial charge in [0.25, 0.3) is 0 Å². The first-order valence-corrected chi connectivity index (χ1v) is 7.32. The van der Waals surface area contributed by atoms with E-state index in [1.54, 1.807) is 12.1 Å². The maximum Gasteiger partial charge on any atom is 0.0992 e. The Bertz CT molecular complexity index is 503. The van der Waals surface area contributed by atoms with Gasteiger partial charge in [0.05, 0.1) is 28.6 Å². The van der Waals surface area contributed by atoms with Crippen LogP contribution in [0.2, 0.25) is 0 Å². The van der Waals surface area contributed by atoms with E-state index in [2.05, 4.69) is 25.2 Å². The van der Waals surface area contributed by atoms with Crippen LogP contribution in [0.3, 0.4) is 0 Å². The van der Waals surface area contributed by atoms with E-state index in [0.717, 1.165) is 38.0 Å². The van der Waals surface area contributed by atoms with Gasteiger partial charge in [0, 0.05) is 12.6 Å². The SMILES string of the molecule is CCC1(CC)CC(Nc2ccc(C#N)cc2N)CCO1. The number of nitriles is 1. The molecule has 1 unspecified atom stereocenters. The Morgan fingerprint density at radius 3 is 2.80 bits per heavy atom. The van der Waals surface area contributed by atoms with Gasteiger partial charge in [-0.15, -0.1) is 0 Å². The third-order valence-corrected chi connectivity index (χ3v) is 4.32. The standard InChI is InChI=1S/C16H23N3O/c1-3-16(4-2)10-13(7-8-20-16)19-15-6-5-12(11-17)9-14(15)18/h5-6,9,13,19H,3-4,7-8,10,18H2,1-2H3. The van der Waals surface area contributed by atoms with Crippen LogP contribution in [0.5, 0.6) is 0 Å². The highest BCUT2D eigenvalue weighted by atomic mass is 16.5. The molecule has 4 nitrogen and oxygen atoms in total. The lowest BCUT2D eigenvalue weighted by molar-refractivity contribution is -0.0864. The van der Waals surface area contributed by atoms with E-state index in [1.807, 2.05) is 6.07 Å². The number of benzene rings is 1. The number of anilines is 2. The molecule has 0 aromatic heterocycles. The number of nitrogens with one attached hydrogen (secondary N) is 1. The Morgan fingerprint density at radius 2 is 2.20 bits per heavy atom. The topological polar surface area (TPSA) is 71.1 Å². The van der Waals surface area contributed by atoms with E-state index in [9.17, 15) is 0 Å². The molecule has 0 spiro atoms. The van der Waals surface area contributed by atoms with Crippen molar-refractivity contribution in [1.82, 2.24) is 0 Å². The fraction of sp³-hybridized carbons (Fsp3) is 0.562. The molecule has 0 radical (unpaired) electrons. The van der Waals surface area contributed by atoms with Crippen LogP contribution in [0.15, 0.2) is 18.2 Å². The zero-order valence-corrected chi connectivity index (χ0v) is 12.3. The molecule has 0 bridgehead atoms. The largest absolute Gasteiger partial charge is 0.397 e. The highest BCUT2D eigenvalue weighted by Crippen LogP contribution is 2.33.